The van der Waals surface area contributed by atoms with E-state index in [2.05, 4.69) is 40.2 Å². The largest absolute Gasteiger partial charge is 0.314 e. The number of nitrogens with one attached hydrogen (secondary N) is 1. The number of benzene rings is 1. The van der Waals surface area contributed by atoms with Crippen LogP contribution in [0.3, 0.4) is 0 Å². The van der Waals surface area contributed by atoms with Crippen molar-refractivity contribution in [2.24, 2.45) is 0 Å². The molecule has 0 aliphatic rings. The van der Waals surface area contributed by atoms with Crippen LogP contribution in [0.15, 0.2) is 24.3 Å². The van der Waals surface area contributed by atoms with E-state index in [0.717, 1.165) is 18.6 Å². The zero-order valence-corrected chi connectivity index (χ0v) is 8.62. The Bertz CT molecular complexity index is 431. The second kappa shape index (κ2) is 3.80. The molecule has 0 unspecified atom stereocenters. The van der Waals surface area contributed by atoms with Gasteiger partial charge >= 0.3 is 0 Å². The second-order valence-electron chi connectivity index (χ2n) is 3.31. The summed E-state index contributed by atoms with van der Waals surface area (Å²) in [5.74, 6) is 0. The number of fused-ring (bicyclic) bond motifs is 1. The molecule has 1 heterocycles. The fourth-order valence-corrected chi connectivity index (χ4v) is 1.75. The van der Waals surface area contributed by atoms with E-state index in [1.54, 1.807) is 0 Å². The quantitative estimate of drug-likeness (QED) is 0.797. The van der Waals surface area contributed by atoms with Gasteiger partial charge in [-0.05, 0) is 20.0 Å². The van der Waals surface area contributed by atoms with Gasteiger partial charge in [0, 0.05) is 18.5 Å². The molecular formula is C11H15N3. The molecule has 0 fully saturated rings. The van der Waals surface area contributed by atoms with Gasteiger partial charge in [-0.25, -0.2) is 0 Å². The minimum atomic E-state index is 0.869. The summed E-state index contributed by atoms with van der Waals surface area (Å²) < 4.78 is 2.06. The summed E-state index contributed by atoms with van der Waals surface area (Å²) in [6.07, 6.45) is 0. The third-order valence-electron chi connectivity index (χ3n) is 2.40. The van der Waals surface area contributed by atoms with Gasteiger partial charge in [-0.2, -0.15) is 5.10 Å². The summed E-state index contributed by atoms with van der Waals surface area (Å²) in [5, 5.41) is 8.96. The zero-order chi connectivity index (χ0) is 9.97. The first-order valence-corrected chi connectivity index (χ1v) is 4.96. The fraction of sp³-hybridized carbons (Fsp3) is 0.364. The van der Waals surface area contributed by atoms with Gasteiger partial charge in [0.1, 0.15) is 0 Å². The fourth-order valence-electron chi connectivity index (χ4n) is 1.75. The Labute approximate surface area is 83.7 Å². The smallest absolute Gasteiger partial charge is 0.0926 e. The number of hydrogen-bond acceptors (Lipinski definition) is 2. The van der Waals surface area contributed by atoms with Crippen molar-refractivity contribution in [2.75, 3.05) is 7.05 Å². The van der Waals surface area contributed by atoms with Crippen LogP contribution < -0.4 is 5.32 Å². The first kappa shape index (κ1) is 9.21. The van der Waals surface area contributed by atoms with Crippen LogP contribution in [0.4, 0.5) is 0 Å². The van der Waals surface area contributed by atoms with Gasteiger partial charge in [0.2, 0.25) is 0 Å². The highest BCUT2D eigenvalue weighted by atomic mass is 15.3. The molecule has 2 aromatic rings. The monoisotopic (exact) mass is 189 g/mol. The second-order valence-corrected chi connectivity index (χ2v) is 3.31. The van der Waals surface area contributed by atoms with Gasteiger partial charge in [0.25, 0.3) is 0 Å². The van der Waals surface area contributed by atoms with Crippen molar-refractivity contribution in [1.29, 1.82) is 0 Å². The minimum absolute atomic E-state index is 0.869. The maximum atomic E-state index is 4.53. The number of rotatable bonds is 3. The lowest BCUT2D eigenvalue weighted by atomic mass is 10.2. The number of aryl methyl sites for hydroxylation is 1. The normalized spacial score (nSPS) is 11.0. The standard InChI is InChI=1S/C11H15N3/c1-3-14-11(8-12-2)9-6-4-5-7-10(9)13-14/h4-7,12H,3,8H2,1-2H3. The van der Waals surface area contributed by atoms with Crippen LogP contribution in [0.5, 0.6) is 0 Å². The molecule has 1 aromatic heterocycles. The van der Waals surface area contributed by atoms with Crippen LogP contribution >= 0.6 is 0 Å². The Hall–Kier alpha value is -1.35. The minimum Gasteiger partial charge on any atom is -0.314 e. The third kappa shape index (κ3) is 1.40. The molecule has 0 aliphatic carbocycles. The topological polar surface area (TPSA) is 29.9 Å². The Morgan fingerprint density at radius 2 is 2.14 bits per heavy atom. The van der Waals surface area contributed by atoms with E-state index in [1.165, 1.54) is 11.1 Å². The van der Waals surface area contributed by atoms with Gasteiger partial charge in [0.15, 0.2) is 0 Å². The molecule has 14 heavy (non-hydrogen) atoms. The van der Waals surface area contributed by atoms with Crippen molar-refractivity contribution in [3.8, 4) is 0 Å². The highest BCUT2D eigenvalue weighted by Crippen LogP contribution is 2.17. The highest BCUT2D eigenvalue weighted by molar-refractivity contribution is 5.81. The van der Waals surface area contributed by atoms with Gasteiger partial charge in [-0.15, -0.1) is 0 Å². The van der Waals surface area contributed by atoms with Crippen molar-refractivity contribution in [3.63, 3.8) is 0 Å². The molecule has 2 rings (SSSR count). The molecule has 3 heteroatoms. The summed E-state index contributed by atoms with van der Waals surface area (Å²) in [7, 11) is 1.96. The van der Waals surface area contributed by atoms with Gasteiger partial charge in [0.05, 0.1) is 11.2 Å². The van der Waals surface area contributed by atoms with E-state index in [9.17, 15) is 0 Å². The lowest BCUT2D eigenvalue weighted by Crippen LogP contribution is -2.11. The van der Waals surface area contributed by atoms with Crippen molar-refractivity contribution in [3.05, 3.63) is 30.0 Å². The number of hydrogen-bond donors (Lipinski definition) is 1. The average Bonchev–Trinajstić information content (AvgIpc) is 2.58. The molecule has 0 saturated carbocycles. The van der Waals surface area contributed by atoms with Crippen molar-refractivity contribution < 1.29 is 0 Å². The van der Waals surface area contributed by atoms with E-state index in [-0.39, 0.29) is 0 Å². The summed E-state index contributed by atoms with van der Waals surface area (Å²) in [5.41, 5.74) is 2.35. The van der Waals surface area contributed by atoms with E-state index in [0.29, 0.717) is 0 Å². The van der Waals surface area contributed by atoms with Crippen molar-refractivity contribution in [1.82, 2.24) is 15.1 Å². The van der Waals surface area contributed by atoms with Crippen molar-refractivity contribution >= 4 is 10.9 Å². The first-order valence-electron chi connectivity index (χ1n) is 4.96. The molecule has 0 bridgehead atoms. The van der Waals surface area contributed by atoms with E-state index in [4.69, 9.17) is 0 Å². The van der Waals surface area contributed by atoms with E-state index >= 15 is 0 Å². The maximum absolute atomic E-state index is 4.53. The number of aromatic nitrogens is 2. The van der Waals surface area contributed by atoms with E-state index in [1.807, 2.05) is 13.1 Å². The summed E-state index contributed by atoms with van der Waals surface area (Å²) in [6.45, 7) is 3.91. The lowest BCUT2D eigenvalue weighted by molar-refractivity contribution is 0.610. The Morgan fingerprint density at radius 3 is 2.86 bits per heavy atom. The van der Waals surface area contributed by atoms with Crippen LogP contribution in [-0.2, 0) is 13.1 Å². The van der Waals surface area contributed by atoms with Gasteiger partial charge in [-0.1, -0.05) is 18.2 Å². The summed E-state index contributed by atoms with van der Waals surface area (Å²) in [6, 6.07) is 8.27. The first-order chi connectivity index (χ1) is 6.86. The van der Waals surface area contributed by atoms with Crippen LogP contribution in [0.25, 0.3) is 10.9 Å². The average molecular weight is 189 g/mol. The predicted molar refractivity (Wildman–Crippen MR) is 58.2 cm³/mol. The van der Waals surface area contributed by atoms with Crippen LogP contribution in [0.2, 0.25) is 0 Å². The molecule has 0 radical (unpaired) electrons. The molecule has 3 nitrogen and oxygen atoms in total. The van der Waals surface area contributed by atoms with E-state index < -0.39 is 0 Å². The molecule has 0 amide bonds. The molecular weight excluding hydrogens is 174 g/mol. The zero-order valence-electron chi connectivity index (χ0n) is 8.62. The summed E-state index contributed by atoms with van der Waals surface area (Å²) >= 11 is 0. The molecule has 0 saturated heterocycles. The van der Waals surface area contributed by atoms with Gasteiger partial charge in [-0.3, -0.25) is 4.68 Å². The Balaban J connectivity index is 2.61. The third-order valence-corrected chi connectivity index (χ3v) is 2.40. The van der Waals surface area contributed by atoms with Crippen molar-refractivity contribution in [2.45, 2.75) is 20.0 Å². The molecule has 0 aliphatic heterocycles. The SMILES string of the molecule is CCn1nc2ccccc2c1CNC. The lowest BCUT2D eigenvalue weighted by Gasteiger charge is -2.03. The molecule has 0 atom stereocenters. The highest BCUT2D eigenvalue weighted by Gasteiger charge is 2.07. The molecule has 1 N–H and O–H groups in total. The molecule has 0 spiro atoms. The van der Waals surface area contributed by atoms with Gasteiger partial charge < -0.3 is 5.32 Å². The van der Waals surface area contributed by atoms with Crippen LogP contribution in [-0.4, -0.2) is 16.8 Å². The molecule has 1 aromatic carbocycles. The van der Waals surface area contributed by atoms with Crippen LogP contribution in [0, 0.1) is 0 Å². The predicted octanol–water partition coefficient (Wildman–Crippen LogP) is 1.78. The Kier molecular flexibility index (Phi) is 2.50. The molecule has 74 valence electrons. The maximum Gasteiger partial charge on any atom is 0.0926 e. The number of nitrogens with zero attached hydrogens (tertiary/aromatic N) is 2. The summed E-state index contributed by atoms with van der Waals surface area (Å²) in [4.78, 5) is 0. The van der Waals surface area contributed by atoms with Crippen LogP contribution in [0.1, 0.15) is 12.6 Å². The Morgan fingerprint density at radius 1 is 1.36 bits per heavy atom.